The fraction of sp³-hybridized carbons (Fsp3) is 0. The van der Waals surface area contributed by atoms with Crippen molar-refractivity contribution in [3.63, 3.8) is 0 Å². The van der Waals surface area contributed by atoms with Crippen LogP contribution in [0.3, 0.4) is 0 Å². The number of H-pyrrole nitrogens is 2. The maximum Gasteiger partial charge on any atom is 0.113 e. The Balaban J connectivity index is 1.73. The zero-order valence-corrected chi connectivity index (χ0v) is 12.7. The lowest BCUT2D eigenvalue weighted by molar-refractivity contribution is 0.942. The van der Waals surface area contributed by atoms with E-state index in [2.05, 4.69) is 55.1 Å². The first-order chi connectivity index (χ1) is 11.9. The van der Waals surface area contributed by atoms with Crippen molar-refractivity contribution in [1.82, 2.24) is 30.8 Å². The SMILES string of the molecule is C(=C\c1ccccc1-c1c[nH]nn1)/c1ccccc1-c1c[nH]nn1. The summed E-state index contributed by atoms with van der Waals surface area (Å²) in [4.78, 5) is 0. The van der Waals surface area contributed by atoms with Crippen molar-refractivity contribution in [3.05, 3.63) is 72.1 Å². The van der Waals surface area contributed by atoms with E-state index in [9.17, 15) is 0 Å². The van der Waals surface area contributed by atoms with E-state index in [4.69, 9.17) is 0 Å². The molecule has 0 saturated carbocycles. The fourth-order valence-electron chi connectivity index (χ4n) is 2.60. The number of benzene rings is 2. The normalized spacial score (nSPS) is 11.2. The summed E-state index contributed by atoms with van der Waals surface area (Å²) in [5, 5.41) is 21.3. The van der Waals surface area contributed by atoms with Gasteiger partial charge in [-0.1, -0.05) is 71.1 Å². The molecule has 6 nitrogen and oxygen atoms in total. The van der Waals surface area contributed by atoms with Crippen LogP contribution in [0.1, 0.15) is 11.1 Å². The Bertz CT molecular complexity index is 875. The zero-order chi connectivity index (χ0) is 16.2. The van der Waals surface area contributed by atoms with Crippen molar-refractivity contribution in [2.24, 2.45) is 0 Å². The summed E-state index contributed by atoms with van der Waals surface area (Å²) in [6.07, 6.45) is 7.72. The average molecular weight is 314 g/mol. The van der Waals surface area contributed by atoms with Crippen LogP contribution in [-0.4, -0.2) is 30.8 Å². The van der Waals surface area contributed by atoms with Gasteiger partial charge in [-0.3, -0.25) is 10.2 Å². The first-order valence-corrected chi connectivity index (χ1v) is 7.51. The predicted molar refractivity (Wildman–Crippen MR) is 92.6 cm³/mol. The monoisotopic (exact) mass is 314 g/mol. The lowest BCUT2D eigenvalue weighted by Crippen LogP contribution is -1.85. The van der Waals surface area contributed by atoms with Crippen LogP contribution < -0.4 is 0 Å². The number of aromatic amines is 2. The third-order valence-corrected chi connectivity index (χ3v) is 3.75. The molecule has 4 aromatic rings. The van der Waals surface area contributed by atoms with E-state index >= 15 is 0 Å². The molecule has 0 radical (unpaired) electrons. The lowest BCUT2D eigenvalue weighted by atomic mass is 10.0. The van der Waals surface area contributed by atoms with Crippen molar-refractivity contribution in [2.45, 2.75) is 0 Å². The average Bonchev–Trinajstić information content (AvgIpc) is 3.34. The smallest absolute Gasteiger partial charge is 0.113 e. The van der Waals surface area contributed by atoms with Crippen LogP contribution in [0.25, 0.3) is 34.7 Å². The predicted octanol–water partition coefficient (Wildman–Crippen LogP) is 3.43. The van der Waals surface area contributed by atoms with E-state index in [-0.39, 0.29) is 0 Å². The summed E-state index contributed by atoms with van der Waals surface area (Å²) in [5.41, 5.74) is 5.84. The first kappa shape index (κ1) is 14.1. The first-order valence-electron chi connectivity index (χ1n) is 7.51. The highest BCUT2D eigenvalue weighted by Crippen LogP contribution is 2.25. The van der Waals surface area contributed by atoms with Gasteiger partial charge in [0.05, 0.1) is 12.4 Å². The number of nitrogens with one attached hydrogen (secondary N) is 2. The number of hydrogen-bond donors (Lipinski definition) is 2. The molecule has 0 bridgehead atoms. The van der Waals surface area contributed by atoms with Crippen LogP contribution in [0.2, 0.25) is 0 Å². The Morgan fingerprint density at radius 3 is 1.50 bits per heavy atom. The van der Waals surface area contributed by atoms with Crippen molar-refractivity contribution in [2.75, 3.05) is 0 Å². The van der Waals surface area contributed by atoms with Crippen molar-refractivity contribution < 1.29 is 0 Å². The highest BCUT2D eigenvalue weighted by atomic mass is 15.3. The second-order valence-corrected chi connectivity index (χ2v) is 5.23. The van der Waals surface area contributed by atoms with E-state index in [0.29, 0.717) is 0 Å². The molecule has 2 aromatic carbocycles. The molecule has 116 valence electrons. The molecule has 0 amide bonds. The van der Waals surface area contributed by atoms with Crippen LogP contribution >= 0.6 is 0 Å². The van der Waals surface area contributed by atoms with Gasteiger partial charge >= 0.3 is 0 Å². The van der Waals surface area contributed by atoms with Gasteiger partial charge in [0.1, 0.15) is 11.4 Å². The van der Waals surface area contributed by atoms with E-state index in [0.717, 1.165) is 33.6 Å². The summed E-state index contributed by atoms with van der Waals surface area (Å²) in [5.74, 6) is 0. The highest BCUT2D eigenvalue weighted by Gasteiger charge is 2.07. The molecule has 0 aliphatic carbocycles. The molecule has 0 spiro atoms. The molecule has 0 fully saturated rings. The Labute approximate surface area is 138 Å². The van der Waals surface area contributed by atoms with Gasteiger partial charge in [0, 0.05) is 11.1 Å². The van der Waals surface area contributed by atoms with Gasteiger partial charge in [-0.25, -0.2) is 0 Å². The molecule has 0 aliphatic heterocycles. The molecule has 4 rings (SSSR count). The molecular formula is C18H14N6. The quantitative estimate of drug-likeness (QED) is 0.565. The molecule has 2 N–H and O–H groups in total. The van der Waals surface area contributed by atoms with Gasteiger partial charge in [0.15, 0.2) is 0 Å². The van der Waals surface area contributed by atoms with E-state index in [1.165, 1.54) is 0 Å². The van der Waals surface area contributed by atoms with E-state index in [1.54, 1.807) is 12.4 Å². The molecule has 24 heavy (non-hydrogen) atoms. The second-order valence-electron chi connectivity index (χ2n) is 5.23. The van der Waals surface area contributed by atoms with Crippen molar-refractivity contribution >= 4 is 12.2 Å². The maximum atomic E-state index is 4.10. The molecule has 0 saturated heterocycles. The van der Waals surface area contributed by atoms with Gasteiger partial charge in [0.2, 0.25) is 0 Å². The standard InChI is InChI=1S/C18H14N6/c1-3-7-15(17-11-19-23-21-17)13(5-1)9-10-14-6-2-4-8-16(14)18-12-20-24-22-18/h1-12H,(H,19,21,23)(H,20,22,24)/b10-9+. The molecule has 2 aromatic heterocycles. The number of aromatic nitrogens is 6. The van der Waals surface area contributed by atoms with E-state index in [1.807, 2.05) is 36.4 Å². The Morgan fingerprint density at radius 2 is 1.08 bits per heavy atom. The van der Waals surface area contributed by atoms with Gasteiger partial charge in [-0.05, 0) is 11.1 Å². The number of hydrogen-bond acceptors (Lipinski definition) is 4. The van der Waals surface area contributed by atoms with Crippen molar-refractivity contribution in [1.29, 1.82) is 0 Å². The summed E-state index contributed by atoms with van der Waals surface area (Å²) in [6.45, 7) is 0. The van der Waals surface area contributed by atoms with Gasteiger partial charge in [-0.15, -0.1) is 10.2 Å². The summed E-state index contributed by atoms with van der Waals surface area (Å²) in [7, 11) is 0. The highest BCUT2D eigenvalue weighted by molar-refractivity contribution is 5.83. The second kappa shape index (κ2) is 6.29. The summed E-state index contributed by atoms with van der Waals surface area (Å²) in [6, 6.07) is 16.2. The van der Waals surface area contributed by atoms with Gasteiger partial charge in [0.25, 0.3) is 0 Å². The van der Waals surface area contributed by atoms with Crippen LogP contribution in [0, 0.1) is 0 Å². The molecule has 2 heterocycles. The van der Waals surface area contributed by atoms with E-state index < -0.39 is 0 Å². The molecule has 0 aliphatic rings. The molecular weight excluding hydrogens is 300 g/mol. The third-order valence-electron chi connectivity index (χ3n) is 3.75. The summed E-state index contributed by atoms with van der Waals surface area (Å²) >= 11 is 0. The van der Waals surface area contributed by atoms with Crippen LogP contribution in [0.5, 0.6) is 0 Å². The zero-order valence-electron chi connectivity index (χ0n) is 12.7. The van der Waals surface area contributed by atoms with Crippen LogP contribution in [0.15, 0.2) is 60.9 Å². The Hall–Kier alpha value is -3.54. The molecule has 0 atom stereocenters. The lowest BCUT2D eigenvalue weighted by Gasteiger charge is -2.04. The number of rotatable bonds is 4. The minimum absolute atomic E-state index is 0.819. The fourth-order valence-corrected chi connectivity index (χ4v) is 2.60. The van der Waals surface area contributed by atoms with Gasteiger partial charge < -0.3 is 0 Å². The molecule has 6 heteroatoms. The minimum atomic E-state index is 0.819. The summed E-state index contributed by atoms with van der Waals surface area (Å²) < 4.78 is 0. The number of nitrogens with zero attached hydrogens (tertiary/aromatic N) is 4. The minimum Gasteiger partial charge on any atom is -0.265 e. The van der Waals surface area contributed by atoms with Crippen LogP contribution in [0.4, 0.5) is 0 Å². The maximum absolute atomic E-state index is 4.10. The topological polar surface area (TPSA) is 83.1 Å². The van der Waals surface area contributed by atoms with Gasteiger partial charge in [-0.2, -0.15) is 0 Å². The molecule has 0 unspecified atom stereocenters. The Kier molecular flexibility index (Phi) is 3.69. The largest absolute Gasteiger partial charge is 0.265 e. The third kappa shape index (κ3) is 2.72. The van der Waals surface area contributed by atoms with Crippen LogP contribution in [-0.2, 0) is 0 Å². The Morgan fingerprint density at radius 1 is 0.625 bits per heavy atom. The van der Waals surface area contributed by atoms with Crippen molar-refractivity contribution in [3.8, 4) is 22.5 Å².